The summed E-state index contributed by atoms with van der Waals surface area (Å²) in [7, 11) is -0.892. The topological polar surface area (TPSA) is 0 Å². The van der Waals surface area contributed by atoms with E-state index in [1.54, 1.807) is 0 Å². The van der Waals surface area contributed by atoms with Crippen LogP contribution >= 0.6 is 15.8 Å². The van der Waals surface area contributed by atoms with E-state index in [1.165, 1.54) is 31.8 Å². The fraction of sp³-hybridized carbons (Fsp3) is 0.0244. The van der Waals surface area contributed by atoms with Crippen molar-refractivity contribution in [3.05, 3.63) is 206 Å². The number of hydrogen-bond acceptors (Lipinski definition) is 0. The van der Waals surface area contributed by atoms with Gasteiger partial charge in [-0.05, 0) is 47.7 Å². The van der Waals surface area contributed by atoms with Crippen LogP contribution in [-0.2, 0) is 19.5 Å². The van der Waals surface area contributed by atoms with Gasteiger partial charge in [-0.2, -0.15) is 6.08 Å². The van der Waals surface area contributed by atoms with Crippen LogP contribution in [0, 0.1) is 6.08 Å². The molecule has 0 spiro atoms. The third-order valence-corrected chi connectivity index (χ3v) is 11.6. The molecule has 0 nitrogen and oxygen atoms in total. The molecule has 1 aliphatic rings. The summed E-state index contributed by atoms with van der Waals surface area (Å²) in [6.07, 6.45) is 10.0. The minimum Gasteiger partial charge on any atom is -0.273 e. The molecule has 0 bridgehead atoms. The van der Waals surface area contributed by atoms with Gasteiger partial charge in [-0.15, -0.1) is 6.42 Å². The minimum absolute atomic E-state index is 0. The molecule has 7 rings (SSSR count). The van der Waals surface area contributed by atoms with Crippen molar-refractivity contribution in [1.82, 2.24) is 0 Å². The first kappa shape index (κ1) is 33.2. The molecule has 6 aromatic rings. The third kappa shape index (κ3) is 9.91. The number of rotatable bonds is 6. The maximum Gasteiger partial charge on any atom is 0 e. The summed E-state index contributed by atoms with van der Waals surface area (Å²) >= 11 is 0. The van der Waals surface area contributed by atoms with Crippen LogP contribution in [0.5, 0.6) is 0 Å². The van der Waals surface area contributed by atoms with Crippen LogP contribution in [0.15, 0.2) is 200 Å². The Morgan fingerprint density at radius 2 is 0.568 bits per heavy atom. The Bertz CT molecular complexity index is 1340. The maximum atomic E-state index is 2.99. The molecular formula is C41H35P2Rh-. The van der Waals surface area contributed by atoms with Gasteiger partial charge in [0.15, 0.2) is 0 Å². The van der Waals surface area contributed by atoms with Crippen LogP contribution in [0.4, 0.5) is 0 Å². The predicted molar refractivity (Wildman–Crippen MR) is 192 cm³/mol. The fourth-order valence-corrected chi connectivity index (χ4v) is 9.31. The summed E-state index contributed by atoms with van der Waals surface area (Å²) in [5, 5.41) is 8.39. The average molecular weight is 693 g/mol. The summed E-state index contributed by atoms with van der Waals surface area (Å²) < 4.78 is 0. The molecule has 0 aliphatic heterocycles. The second-order valence-corrected chi connectivity index (χ2v) is 14.1. The van der Waals surface area contributed by atoms with Crippen molar-refractivity contribution >= 4 is 47.7 Å². The van der Waals surface area contributed by atoms with Gasteiger partial charge in [0.1, 0.15) is 0 Å². The van der Waals surface area contributed by atoms with Crippen LogP contribution in [0.1, 0.15) is 6.42 Å². The van der Waals surface area contributed by atoms with Gasteiger partial charge >= 0.3 is 0 Å². The quantitative estimate of drug-likeness (QED) is 0.0939. The van der Waals surface area contributed by atoms with Gasteiger partial charge in [0.2, 0.25) is 0 Å². The van der Waals surface area contributed by atoms with Crippen LogP contribution in [0.25, 0.3) is 0 Å². The van der Waals surface area contributed by atoms with Gasteiger partial charge in [0, 0.05) is 19.5 Å². The molecule has 0 saturated carbocycles. The van der Waals surface area contributed by atoms with Gasteiger partial charge in [-0.3, -0.25) is 6.08 Å². The zero-order chi connectivity index (χ0) is 29.4. The van der Waals surface area contributed by atoms with Crippen LogP contribution in [0.3, 0.4) is 0 Å². The fourth-order valence-electron chi connectivity index (χ4n) is 4.70. The Morgan fingerprint density at radius 3 is 0.705 bits per heavy atom. The molecule has 0 heterocycles. The van der Waals surface area contributed by atoms with Crippen molar-refractivity contribution in [2.45, 2.75) is 6.42 Å². The molecule has 0 aromatic heterocycles. The largest absolute Gasteiger partial charge is 0.273 e. The van der Waals surface area contributed by atoms with Gasteiger partial charge in [0.05, 0.1) is 0 Å². The van der Waals surface area contributed by atoms with E-state index in [0.717, 1.165) is 6.42 Å². The Hall–Kier alpha value is -3.72. The zero-order valence-electron chi connectivity index (χ0n) is 24.5. The van der Waals surface area contributed by atoms with Crippen LogP contribution in [-0.4, -0.2) is 0 Å². The number of hydrogen-bond donors (Lipinski definition) is 0. The van der Waals surface area contributed by atoms with E-state index in [0.29, 0.717) is 0 Å². The normalized spacial score (nSPS) is 11.1. The van der Waals surface area contributed by atoms with E-state index in [4.69, 9.17) is 0 Å². The molecule has 0 fully saturated rings. The Morgan fingerprint density at radius 1 is 0.341 bits per heavy atom. The van der Waals surface area contributed by atoms with Crippen molar-refractivity contribution < 1.29 is 19.5 Å². The smallest absolute Gasteiger partial charge is 0 e. The Balaban J connectivity index is 0.000000170. The van der Waals surface area contributed by atoms with E-state index >= 15 is 0 Å². The molecule has 0 saturated heterocycles. The molecule has 0 atom stereocenters. The number of benzene rings is 6. The van der Waals surface area contributed by atoms with E-state index in [1.807, 2.05) is 12.2 Å². The van der Waals surface area contributed by atoms with E-state index < -0.39 is 15.8 Å². The van der Waals surface area contributed by atoms with E-state index in [2.05, 4.69) is 194 Å². The van der Waals surface area contributed by atoms with Gasteiger partial charge in [0.25, 0.3) is 0 Å². The summed E-state index contributed by atoms with van der Waals surface area (Å²) in [5.74, 6) is 0. The molecule has 219 valence electrons. The zero-order valence-corrected chi connectivity index (χ0v) is 27.9. The first-order valence-electron chi connectivity index (χ1n) is 14.5. The van der Waals surface area contributed by atoms with Crippen molar-refractivity contribution in [1.29, 1.82) is 0 Å². The first-order chi connectivity index (χ1) is 21.4. The molecular weight excluding hydrogens is 657 g/mol. The van der Waals surface area contributed by atoms with Gasteiger partial charge in [-0.1, -0.05) is 182 Å². The molecule has 1 radical (unpaired) electrons. The summed E-state index contributed by atoms with van der Waals surface area (Å²) in [4.78, 5) is 0. The summed E-state index contributed by atoms with van der Waals surface area (Å²) in [6, 6.07) is 64.7. The third-order valence-electron chi connectivity index (χ3n) is 6.67. The maximum absolute atomic E-state index is 2.99. The minimum atomic E-state index is -0.446. The molecule has 0 unspecified atom stereocenters. The molecule has 0 amide bonds. The second-order valence-electron chi connectivity index (χ2n) is 9.69. The molecule has 3 heteroatoms. The van der Waals surface area contributed by atoms with Crippen molar-refractivity contribution in [2.75, 3.05) is 0 Å². The monoisotopic (exact) mass is 692 g/mol. The average Bonchev–Trinajstić information content (AvgIpc) is 3.69. The molecule has 6 aromatic carbocycles. The van der Waals surface area contributed by atoms with Gasteiger partial charge < -0.3 is 0 Å². The van der Waals surface area contributed by atoms with Crippen molar-refractivity contribution in [2.24, 2.45) is 0 Å². The Kier molecular flexibility index (Phi) is 14.2. The standard InChI is InChI=1S/2C18H15P.C5H5.Rh/c2*1-4-10-16(11-5-1)19(17-12-6-2-7-13-17)18-14-8-3-9-15-18;1-2-4-5-3-1;/h2*1-15H;1-3H,4H2;/q;;-1;. The molecule has 0 N–H and O–H groups in total. The second kappa shape index (κ2) is 18.8. The SMILES string of the molecule is [C-]1=CC=CC1.[Rh].c1ccc(P(c2ccccc2)c2ccccc2)cc1.c1ccc(P(c2ccccc2)c2ccccc2)cc1. The Labute approximate surface area is 278 Å². The molecule has 1 aliphatic carbocycles. The van der Waals surface area contributed by atoms with E-state index in [9.17, 15) is 0 Å². The molecule has 44 heavy (non-hydrogen) atoms. The van der Waals surface area contributed by atoms with E-state index in [-0.39, 0.29) is 19.5 Å². The summed E-state index contributed by atoms with van der Waals surface area (Å²) in [6.45, 7) is 0. The van der Waals surface area contributed by atoms with Crippen molar-refractivity contribution in [3.8, 4) is 0 Å². The van der Waals surface area contributed by atoms with Gasteiger partial charge in [-0.25, -0.2) is 12.2 Å². The number of allylic oxidation sites excluding steroid dienone is 4. The van der Waals surface area contributed by atoms with Crippen molar-refractivity contribution in [3.63, 3.8) is 0 Å². The summed E-state index contributed by atoms with van der Waals surface area (Å²) in [5.41, 5.74) is 0. The van der Waals surface area contributed by atoms with Crippen LogP contribution in [0.2, 0.25) is 0 Å². The first-order valence-corrected chi connectivity index (χ1v) is 17.2. The van der Waals surface area contributed by atoms with Crippen LogP contribution < -0.4 is 31.8 Å². The predicted octanol–water partition coefficient (Wildman–Crippen LogP) is 8.19.